The van der Waals surface area contributed by atoms with Crippen LogP contribution < -0.4 is 5.32 Å². The minimum atomic E-state index is 0.0576. The fraction of sp³-hybridized carbons (Fsp3) is 0.917. The molecule has 0 aromatic carbocycles. The lowest BCUT2D eigenvalue weighted by atomic mass is 10.00. The van der Waals surface area contributed by atoms with Gasteiger partial charge in [0.1, 0.15) is 0 Å². The van der Waals surface area contributed by atoms with Crippen molar-refractivity contribution in [2.75, 3.05) is 25.6 Å². The van der Waals surface area contributed by atoms with E-state index in [1.54, 1.807) is 0 Å². The molecule has 16 heavy (non-hydrogen) atoms. The second-order valence-corrected chi connectivity index (χ2v) is 4.79. The number of carbonyl (C=O) groups is 1. The molecule has 1 amide bonds. The third kappa shape index (κ3) is 4.71. The van der Waals surface area contributed by atoms with Gasteiger partial charge in [-0.25, -0.2) is 0 Å². The Morgan fingerprint density at radius 1 is 1.62 bits per heavy atom. The van der Waals surface area contributed by atoms with Gasteiger partial charge in [0, 0.05) is 19.0 Å². The van der Waals surface area contributed by atoms with Crippen LogP contribution in [-0.2, 0) is 9.53 Å². The summed E-state index contributed by atoms with van der Waals surface area (Å²) in [5.74, 6) is 1.38. The van der Waals surface area contributed by atoms with E-state index in [4.69, 9.17) is 16.3 Å². The van der Waals surface area contributed by atoms with Gasteiger partial charge in [-0.1, -0.05) is 13.3 Å². The predicted octanol–water partition coefficient (Wildman–Crippen LogP) is 2.18. The van der Waals surface area contributed by atoms with Gasteiger partial charge in [0.25, 0.3) is 0 Å². The highest BCUT2D eigenvalue weighted by molar-refractivity contribution is 6.17. The molecule has 0 aromatic rings. The highest BCUT2D eigenvalue weighted by Gasteiger charge is 2.21. The average molecular weight is 248 g/mol. The molecule has 1 aliphatic rings. The quantitative estimate of drug-likeness (QED) is 0.731. The fourth-order valence-electron chi connectivity index (χ4n) is 1.94. The first-order valence-corrected chi connectivity index (χ1v) is 6.72. The molecule has 0 aromatic heterocycles. The number of hydrogen-bond donors (Lipinski definition) is 1. The van der Waals surface area contributed by atoms with Gasteiger partial charge in [-0.15, -0.1) is 11.6 Å². The molecule has 1 saturated heterocycles. The molecule has 1 aliphatic heterocycles. The van der Waals surface area contributed by atoms with Crippen LogP contribution in [0, 0.1) is 11.8 Å². The Morgan fingerprint density at radius 3 is 3.00 bits per heavy atom. The number of amides is 1. The minimum absolute atomic E-state index is 0.0576. The van der Waals surface area contributed by atoms with Crippen LogP contribution in [0.25, 0.3) is 0 Å². The Bertz CT molecular complexity index is 205. The summed E-state index contributed by atoms with van der Waals surface area (Å²) in [4.78, 5) is 11.8. The van der Waals surface area contributed by atoms with Gasteiger partial charge in [0.2, 0.25) is 5.91 Å². The van der Waals surface area contributed by atoms with Crippen LogP contribution in [-0.4, -0.2) is 31.5 Å². The lowest BCUT2D eigenvalue weighted by Crippen LogP contribution is -2.38. The highest BCUT2D eigenvalue weighted by atomic mass is 35.5. The van der Waals surface area contributed by atoms with Crippen LogP contribution in [0.3, 0.4) is 0 Å². The van der Waals surface area contributed by atoms with Crippen molar-refractivity contribution < 1.29 is 9.53 Å². The lowest BCUT2D eigenvalue weighted by Gasteiger charge is -2.22. The predicted molar refractivity (Wildman–Crippen MR) is 65.7 cm³/mol. The van der Waals surface area contributed by atoms with Gasteiger partial charge in [0.05, 0.1) is 12.5 Å². The molecule has 1 heterocycles. The Hall–Kier alpha value is -0.280. The summed E-state index contributed by atoms with van der Waals surface area (Å²) in [6.45, 7) is 4.26. The van der Waals surface area contributed by atoms with Crippen molar-refractivity contribution >= 4 is 17.5 Å². The zero-order valence-electron chi connectivity index (χ0n) is 10.0. The molecule has 0 saturated carbocycles. The van der Waals surface area contributed by atoms with E-state index in [2.05, 4.69) is 12.2 Å². The fourth-order valence-corrected chi connectivity index (χ4v) is 2.25. The normalized spacial score (nSPS) is 22.8. The molecule has 0 radical (unpaired) electrons. The van der Waals surface area contributed by atoms with E-state index in [1.807, 2.05) is 0 Å². The van der Waals surface area contributed by atoms with E-state index in [1.165, 1.54) is 0 Å². The van der Waals surface area contributed by atoms with Crippen molar-refractivity contribution in [1.29, 1.82) is 0 Å². The summed E-state index contributed by atoms with van der Waals surface area (Å²) in [5.41, 5.74) is 0. The summed E-state index contributed by atoms with van der Waals surface area (Å²) in [5, 5.41) is 3.01. The summed E-state index contributed by atoms with van der Waals surface area (Å²) >= 11 is 5.71. The van der Waals surface area contributed by atoms with Crippen molar-refractivity contribution in [2.24, 2.45) is 11.8 Å². The topological polar surface area (TPSA) is 38.3 Å². The number of nitrogens with one attached hydrogen (secondary N) is 1. The summed E-state index contributed by atoms with van der Waals surface area (Å²) in [6, 6.07) is 0. The van der Waals surface area contributed by atoms with Crippen LogP contribution in [0.4, 0.5) is 0 Å². The van der Waals surface area contributed by atoms with Gasteiger partial charge in [-0.3, -0.25) is 4.79 Å². The van der Waals surface area contributed by atoms with Gasteiger partial charge in [-0.2, -0.15) is 0 Å². The Labute approximate surface area is 103 Å². The molecule has 2 atom stereocenters. The molecule has 1 fully saturated rings. The standard InChI is InChI=1S/C12H22ClNO2/c1-2-10(5-6-13)8-14-12(15)11-4-3-7-16-9-11/h10-11H,2-9H2,1H3,(H,14,15). The van der Waals surface area contributed by atoms with E-state index in [0.29, 0.717) is 18.4 Å². The van der Waals surface area contributed by atoms with Crippen LogP contribution in [0.1, 0.15) is 32.6 Å². The van der Waals surface area contributed by atoms with E-state index in [0.717, 1.165) is 38.8 Å². The van der Waals surface area contributed by atoms with Crippen molar-refractivity contribution in [3.63, 3.8) is 0 Å². The average Bonchev–Trinajstić information content (AvgIpc) is 2.35. The van der Waals surface area contributed by atoms with Gasteiger partial charge < -0.3 is 10.1 Å². The van der Waals surface area contributed by atoms with Crippen LogP contribution in [0.5, 0.6) is 0 Å². The first-order chi connectivity index (χ1) is 7.77. The molecule has 94 valence electrons. The largest absolute Gasteiger partial charge is 0.381 e. The number of halogens is 1. The van der Waals surface area contributed by atoms with Crippen molar-refractivity contribution in [3.8, 4) is 0 Å². The maximum atomic E-state index is 11.8. The Balaban J connectivity index is 2.22. The number of carbonyl (C=O) groups excluding carboxylic acids is 1. The van der Waals surface area contributed by atoms with Gasteiger partial charge in [-0.05, 0) is 25.2 Å². The third-order valence-electron chi connectivity index (χ3n) is 3.19. The third-order valence-corrected chi connectivity index (χ3v) is 3.41. The molecule has 0 aliphatic carbocycles. The molecule has 1 rings (SSSR count). The first-order valence-electron chi connectivity index (χ1n) is 6.19. The Morgan fingerprint density at radius 2 is 2.44 bits per heavy atom. The van der Waals surface area contributed by atoms with Crippen LogP contribution >= 0.6 is 11.6 Å². The molecule has 4 heteroatoms. The van der Waals surface area contributed by atoms with Crippen molar-refractivity contribution in [3.05, 3.63) is 0 Å². The second-order valence-electron chi connectivity index (χ2n) is 4.41. The number of ether oxygens (including phenoxy) is 1. The van der Waals surface area contributed by atoms with Crippen molar-refractivity contribution in [1.82, 2.24) is 5.32 Å². The summed E-state index contributed by atoms with van der Waals surface area (Å²) in [6.07, 6.45) is 3.99. The molecule has 2 unspecified atom stereocenters. The molecular formula is C12H22ClNO2. The molecule has 0 bridgehead atoms. The van der Waals surface area contributed by atoms with Crippen LogP contribution in [0.15, 0.2) is 0 Å². The van der Waals surface area contributed by atoms with Crippen LogP contribution in [0.2, 0.25) is 0 Å². The SMILES string of the molecule is CCC(CCCl)CNC(=O)C1CCCOC1. The molecule has 0 spiro atoms. The lowest BCUT2D eigenvalue weighted by molar-refractivity contribution is -0.129. The van der Waals surface area contributed by atoms with E-state index in [-0.39, 0.29) is 11.8 Å². The molecule has 3 nitrogen and oxygen atoms in total. The zero-order chi connectivity index (χ0) is 11.8. The van der Waals surface area contributed by atoms with E-state index >= 15 is 0 Å². The smallest absolute Gasteiger partial charge is 0.225 e. The van der Waals surface area contributed by atoms with E-state index < -0.39 is 0 Å². The summed E-state index contributed by atoms with van der Waals surface area (Å²) in [7, 11) is 0. The van der Waals surface area contributed by atoms with Gasteiger partial charge >= 0.3 is 0 Å². The highest BCUT2D eigenvalue weighted by Crippen LogP contribution is 2.14. The maximum absolute atomic E-state index is 11.8. The van der Waals surface area contributed by atoms with Gasteiger partial charge in [0.15, 0.2) is 0 Å². The molecular weight excluding hydrogens is 226 g/mol. The maximum Gasteiger partial charge on any atom is 0.225 e. The minimum Gasteiger partial charge on any atom is -0.381 e. The summed E-state index contributed by atoms with van der Waals surface area (Å²) < 4.78 is 5.30. The first kappa shape index (κ1) is 13.8. The van der Waals surface area contributed by atoms with Crippen molar-refractivity contribution in [2.45, 2.75) is 32.6 Å². The zero-order valence-corrected chi connectivity index (χ0v) is 10.8. The van der Waals surface area contributed by atoms with E-state index in [9.17, 15) is 4.79 Å². The second kappa shape index (κ2) is 7.91. The number of rotatable bonds is 6. The molecule has 1 N–H and O–H groups in total. The number of alkyl halides is 1. The Kier molecular flexibility index (Phi) is 6.81. The monoisotopic (exact) mass is 247 g/mol. The number of hydrogen-bond acceptors (Lipinski definition) is 2.